The van der Waals surface area contributed by atoms with Crippen molar-refractivity contribution < 1.29 is 9.59 Å². The van der Waals surface area contributed by atoms with Crippen LogP contribution in [0.15, 0.2) is 30.3 Å². The van der Waals surface area contributed by atoms with Gasteiger partial charge in [0.05, 0.1) is 12.5 Å². The van der Waals surface area contributed by atoms with Crippen LogP contribution in [-0.4, -0.2) is 41.9 Å². The standard InChI is InChI=1S/C22H33N3O2.ClH/c1-22(23)12-6-5-9-19(22)21(27)24-16-20(26)25-13-10-18(11-14-25)15-17-7-3-2-4-8-17;/h2-4,7-8,18-19H,5-6,9-16,23H2,1H3,(H,24,27);1H. The summed E-state index contributed by atoms with van der Waals surface area (Å²) in [4.78, 5) is 26.9. The lowest BCUT2D eigenvalue weighted by Gasteiger charge is -2.37. The Morgan fingerprint density at radius 3 is 2.46 bits per heavy atom. The lowest BCUT2D eigenvalue weighted by Crippen LogP contribution is -2.54. The number of hydrogen-bond donors (Lipinski definition) is 2. The molecule has 2 fully saturated rings. The number of hydrogen-bond acceptors (Lipinski definition) is 3. The van der Waals surface area contributed by atoms with Gasteiger partial charge in [0.15, 0.2) is 0 Å². The van der Waals surface area contributed by atoms with Gasteiger partial charge in [-0.1, -0.05) is 43.2 Å². The Balaban J connectivity index is 0.00000280. The molecule has 1 aliphatic carbocycles. The van der Waals surface area contributed by atoms with E-state index in [2.05, 4.69) is 29.6 Å². The largest absolute Gasteiger partial charge is 0.347 e. The molecule has 1 saturated heterocycles. The van der Waals surface area contributed by atoms with Gasteiger partial charge in [-0.15, -0.1) is 12.4 Å². The number of amides is 2. The van der Waals surface area contributed by atoms with E-state index in [1.54, 1.807) is 0 Å². The van der Waals surface area contributed by atoms with Crippen LogP contribution in [0.4, 0.5) is 0 Å². The monoisotopic (exact) mass is 407 g/mol. The van der Waals surface area contributed by atoms with E-state index in [0.29, 0.717) is 5.92 Å². The number of halogens is 1. The number of likely N-dealkylation sites (tertiary alicyclic amines) is 1. The van der Waals surface area contributed by atoms with Crippen molar-refractivity contribution in [3.05, 3.63) is 35.9 Å². The van der Waals surface area contributed by atoms with Gasteiger partial charge in [0.25, 0.3) is 0 Å². The van der Waals surface area contributed by atoms with Crippen LogP contribution in [0.2, 0.25) is 0 Å². The van der Waals surface area contributed by atoms with Gasteiger partial charge in [-0.25, -0.2) is 0 Å². The summed E-state index contributed by atoms with van der Waals surface area (Å²) in [5.41, 5.74) is 7.20. The highest BCUT2D eigenvalue weighted by molar-refractivity contribution is 5.86. The molecule has 1 aliphatic heterocycles. The van der Waals surface area contributed by atoms with E-state index < -0.39 is 5.54 Å². The molecule has 6 heteroatoms. The van der Waals surface area contributed by atoms with E-state index in [9.17, 15) is 9.59 Å². The van der Waals surface area contributed by atoms with Crippen LogP contribution in [0.1, 0.15) is 51.0 Å². The average Bonchev–Trinajstić information content (AvgIpc) is 2.67. The smallest absolute Gasteiger partial charge is 0.241 e. The van der Waals surface area contributed by atoms with E-state index in [-0.39, 0.29) is 36.7 Å². The van der Waals surface area contributed by atoms with E-state index >= 15 is 0 Å². The number of nitrogens with one attached hydrogen (secondary N) is 1. The van der Waals surface area contributed by atoms with Crippen molar-refractivity contribution in [3.63, 3.8) is 0 Å². The second-order valence-electron chi connectivity index (χ2n) is 8.54. The Bertz CT molecular complexity index is 642. The molecule has 2 unspecified atom stereocenters. The summed E-state index contributed by atoms with van der Waals surface area (Å²) in [6.07, 6.45) is 6.93. The number of nitrogens with zero attached hydrogens (tertiary/aromatic N) is 1. The average molecular weight is 408 g/mol. The molecule has 1 aromatic carbocycles. The third kappa shape index (κ3) is 5.95. The molecule has 0 radical (unpaired) electrons. The molecule has 1 aromatic rings. The van der Waals surface area contributed by atoms with Gasteiger partial charge >= 0.3 is 0 Å². The summed E-state index contributed by atoms with van der Waals surface area (Å²) in [6, 6.07) is 10.5. The summed E-state index contributed by atoms with van der Waals surface area (Å²) < 4.78 is 0. The number of benzene rings is 1. The van der Waals surface area contributed by atoms with Crippen LogP contribution in [0.5, 0.6) is 0 Å². The Labute approximate surface area is 174 Å². The Morgan fingerprint density at radius 1 is 1.14 bits per heavy atom. The van der Waals surface area contributed by atoms with Crippen LogP contribution in [0, 0.1) is 11.8 Å². The fourth-order valence-corrected chi connectivity index (χ4v) is 4.52. The molecular formula is C22H34ClN3O2. The van der Waals surface area contributed by atoms with Gasteiger partial charge in [-0.3, -0.25) is 9.59 Å². The van der Waals surface area contributed by atoms with Crippen molar-refractivity contribution in [1.29, 1.82) is 0 Å². The molecule has 2 aliphatic rings. The fourth-order valence-electron chi connectivity index (χ4n) is 4.52. The lowest BCUT2D eigenvalue weighted by atomic mass is 9.74. The zero-order valence-electron chi connectivity index (χ0n) is 16.9. The van der Waals surface area contributed by atoms with Crippen molar-refractivity contribution in [2.24, 2.45) is 17.6 Å². The van der Waals surface area contributed by atoms with Gasteiger partial charge < -0.3 is 16.0 Å². The topological polar surface area (TPSA) is 75.4 Å². The summed E-state index contributed by atoms with van der Waals surface area (Å²) in [5, 5.41) is 2.85. The fraction of sp³-hybridized carbons (Fsp3) is 0.636. The van der Waals surface area contributed by atoms with Crippen molar-refractivity contribution >= 4 is 24.2 Å². The number of piperidine rings is 1. The van der Waals surface area contributed by atoms with Crippen LogP contribution in [-0.2, 0) is 16.0 Å². The van der Waals surface area contributed by atoms with E-state index in [4.69, 9.17) is 5.73 Å². The third-order valence-electron chi connectivity index (χ3n) is 6.32. The Morgan fingerprint density at radius 2 is 1.82 bits per heavy atom. The predicted octanol–water partition coefficient (Wildman–Crippen LogP) is 2.91. The summed E-state index contributed by atoms with van der Waals surface area (Å²) in [6.45, 7) is 3.61. The molecule has 1 saturated carbocycles. The molecule has 156 valence electrons. The van der Waals surface area contributed by atoms with Gasteiger partial charge in [0.1, 0.15) is 0 Å². The number of carbonyl (C=O) groups excluding carboxylic acids is 2. The predicted molar refractivity (Wildman–Crippen MR) is 114 cm³/mol. The molecule has 0 spiro atoms. The molecule has 1 heterocycles. The normalized spacial score (nSPS) is 25.6. The lowest BCUT2D eigenvalue weighted by molar-refractivity contribution is -0.136. The van der Waals surface area contributed by atoms with E-state index in [1.807, 2.05) is 17.9 Å². The highest BCUT2D eigenvalue weighted by Crippen LogP contribution is 2.31. The summed E-state index contributed by atoms with van der Waals surface area (Å²) in [5.74, 6) is 0.407. The molecule has 3 rings (SSSR count). The van der Waals surface area contributed by atoms with Gasteiger partial charge in [-0.05, 0) is 50.5 Å². The number of nitrogens with two attached hydrogens (primary N) is 1. The molecule has 3 N–H and O–H groups in total. The summed E-state index contributed by atoms with van der Waals surface area (Å²) in [7, 11) is 0. The molecule has 28 heavy (non-hydrogen) atoms. The van der Waals surface area contributed by atoms with Crippen LogP contribution in [0.3, 0.4) is 0 Å². The minimum atomic E-state index is -0.457. The second-order valence-corrected chi connectivity index (χ2v) is 8.54. The molecule has 0 bridgehead atoms. The van der Waals surface area contributed by atoms with Crippen molar-refractivity contribution in [3.8, 4) is 0 Å². The first-order valence-corrected chi connectivity index (χ1v) is 10.3. The zero-order chi connectivity index (χ0) is 19.3. The first-order chi connectivity index (χ1) is 13.0. The Kier molecular flexibility index (Phi) is 8.32. The van der Waals surface area contributed by atoms with Crippen LogP contribution >= 0.6 is 12.4 Å². The van der Waals surface area contributed by atoms with Crippen LogP contribution < -0.4 is 11.1 Å². The first-order valence-electron chi connectivity index (χ1n) is 10.3. The maximum Gasteiger partial charge on any atom is 0.241 e. The minimum absolute atomic E-state index is 0. The third-order valence-corrected chi connectivity index (χ3v) is 6.32. The SMILES string of the molecule is CC1(N)CCCCC1C(=O)NCC(=O)N1CCC(Cc2ccccc2)CC1.Cl. The maximum atomic E-state index is 12.5. The van der Waals surface area contributed by atoms with Gasteiger partial charge in [0.2, 0.25) is 11.8 Å². The van der Waals surface area contributed by atoms with E-state index in [1.165, 1.54) is 5.56 Å². The summed E-state index contributed by atoms with van der Waals surface area (Å²) >= 11 is 0. The number of carbonyl (C=O) groups is 2. The first kappa shape index (κ1) is 22.7. The van der Waals surface area contributed by atoms with Crippen LogP contribution in [0.25, 0.3) is 0 Å². The molecule has 5 nitrogen and oxygen atoms in total. The van der Waals surface area contributed by atoms with Gasteiger partial charge in [-0.2, -0.15) is 0 Å². The molecule has 2 amide bonds. The highest BCUT2D eigenvalue weighted by Gasteiger charge is 2.37. The Hall–Kier alpha value is -1.59. The zero-order valence-corrected chi connectivity index (χ0v) is 17.7. The minimum Gasteiger partial charge on any atom is -0.347 e. The molecular weight excluding hydrogens is 374 g/mol. The van der Waals surface area contributed by atoms with Gasteiger partial charge in [0, 0.05) is 18.6 Å². The highest BCUT2D eigenvalue weighted by atomic mass is 35.5. The van der Waals surface area contributed by atoms with Crippen molar-refractivity contribution in [2.75, 3.05) is 19.6 Å². The van der Waals surface area contributed by atoms with Crippen molar-refractivity contribution in [1.82, 2.24) is 10.2 Å². The van der Waals surface area contributed by atoms with E-state index in [0.717, 1.165) is 58.0 Å². The second kappa shape index (κ2) is 10.3. The van der Waals surface area contributed by atoms with Crippen molar-refractivity contribution in [2.45, 2.75) is 57.4 Å². The molecule has 0 aromatic heterocycles. The maximum absolute atomic E-state index is 12.5. The molecule has 2 atom stereocenters. The number of rotatable bonds is 5. The quantitative estimate of drug-likeness (QED) is 0.787.